The topological polar surface area (TPSA) is 58.6 Å². The molecular weight excluding hydrogens is 316 g/mol. The number of likely N-dealkylation sites (tertiary alicyclic amines) is 1. The van der Waals surface area contributed by atoms with E-state index in [0.717, 1.165) is 18.6 Å². The quantitative estimate of drug-likeness (QED) is 0.809. The van der Waals surface area contributed by atoms with Gasteiger partial charge in [-0.15, -0.1) is 11.6 Å². The maximum absolute atomic E-state index is 11.9. The predicted molar refractivity (Wildman–Crippen MR) is 89.6 cm³/mol. The number of carbonyl (C=O) groups is 2. The molecule has 1 aromatic rings. The summed E-state index contributed by atoms with van der Waals surface area (Å²) >= 11 is 5.82. The molecule has 0 spiro atoms. The lowest BCUT2D eigenvalue weighted by Gasteiger charge is -2.33. The van der Waals surface area contributed by atoms with Crippen molar-refractivity contribution in [1.29, 1.82) is 0 Å². The van der Waals surface area contributed by atoms with E-state index in [1.54, 1.807) is 11.8 Å². The molecule has 23 heavy (non-hydrogen) atoms. The Morgan fingerprint density at radius 3 is 2.57 bits per heavy atom. The molecule has 1 atom stereocenters. The Morgan fingerprint density at radius 2 is 1.96 bits per heavy atom. The fourth-order valence-electron chi connectivity index (χ4n) is 2.57. The Kier molecular flexibility index (Phi) is 6.71. The number of nitrogens with one attached hydrogen (secondary N) is 1. The first kappa shape index (κ1) is 17.6. The van der Waals surface area contributed by atoms with Crippen LogP contribution in [0.5, 0.6) is 5.75 Å². The van der Waals surface area contributed by atoms with E-state index in [4.69, 9.17) is 16.3 Å². The second kappa shape index (κ2) is 8.77. The summed E-state index contributed by atoms with van der Waals surface area (Å²) < 4.78 is 5.51. The number of hydrogen-bond acceptors (Lipinski definition) is 3. The van der Waals surface area contributed by atoms with Crippen molar-refractivity contribution < 1.29 is 14.3 Å². The van der Waals surface area contributed by atoms with E-state index < -0.39 is 5.38 Å². The van der Waals surface area contributed by atoms with Crippen LogP contribution in [-0.4, -0.2) is 47.8 Å². The molecule has 126 valence electrons. The largest absolute Gasteiger partial charge is 0.493 e. The lowest BCUT2D eigenvalue weighted by molar-refractivity contribution is -0.131. The van der Waals surface area contributed by atoms with Crippen LogP contribution in [0.3, 0.4) is 0 Å². The number of hydrogen-bond donors (Lipinski definition) is 1. The Labute approximate surface area is 141 Å². The van der Waals surface area contributed by atoms with Crippen molar-refractivity contribution in [2.75, 3.05) is 19.7 Å². The molecule has 0 saturated carbocycles. The van der Waals surface area contributed by atoms with Gasteiger partial charge < -0.3 is 15.0 Å². The summed E-state index contributed by atoms with van der Waals surface area (Å²) in [5.41, 5.74) is 0. The van der Waals surface area contributed by atoms with Crippen LogP contribution in [0, 0.1) is 0 Å². The van der Waals surface area contributed by atoms with Crippen LogP contribution in [0.25, 0.3) is 0 Å². The predicted octanol–water partition coefficient (Wildman–Crippen LogP) is 2.19. The molecule has 0 aliphatic carbocycles. The summed E-state index contributed by atoms with van der Waals surface area (Å²) in [4.78, 5) is 25.5. The van der Waals surface area contributed by atoms with Gasteiger partial charge in [-0.3, -0.25) is 9.59 Å². The Bertz CT molecular complexity index is 514. The van der Waals surface area contributed by atoms with E-state index in [-0.39, 0.29) is 17.9 Å². The Hall–Kier alpha value is -1.75. The van der Waals surface area contributed by atoms with Crippen LogP contribution in [0.15, 0.2) is 30.3 Å². The minimum absolute atomic E-state index is 0.0172. The monoisotopic (exact) mass is 338 g/mol. The first-order valence-corrected chi connectivity index (χ1v) is 8.40. The molecule has 0 bridgehead atoms. The zero-order chi connectivity index (χ0) is 16.7. The third-order valence-corrected chi connectivity index (χ3v) is 4.04. The number of alkyl halides is 1. The Balaban J connectivity index is 1.64. The number of para-hydroxylation sites is 1. The van der Waals surface area contributed by atoms with E-state index in [1.165, 1.54) is 0 Å². The number of nitrogens with zero attached hydrogens (tertiary/aromatic N) is 1. The van der Waals surface area contributed by atoms with Crippen molar-refractivity contribution in [1.82, 2.24) is 10.2 Å². The molecule has 2 rings (SSSR count). The van der Waals surface area contributed by atoms with Crippen molar-refractivity contribution in [3.8, 4) is 5.75 Å². The molecule has 1 saturated heterocycles. The van der Waals surface area contributed by atoms with Crippen molar-refractivity contribution in [2.24, 2.45) is 0 Å². The molecular formula is C17H23ClN2O3. The van der Waals surface area contributed by atoms with E-state index >= 15 is 0 Å². The van der Waals surface area contributed by atoms with Crippen molar-refractivity contribution in [2.45, 2.75) is 37.6 Å². The lowest BCUT2D eigenvalue weighted by atomic mass is 10.0. The molecule has 2 amide bonds. The van der Waals surface area contributed by atoms with Gasteiger partial charge >= 0.3 is 0 Å². The van der Waals surface area contributed by atoms with Crippen LogP contribution < -0.4 is 10.1 Å². The number of benzene rings is 1. The summed E-state index contributed by atoms with van der Waals surface area (Å²) in [6, 6.07) is 9.55. The number of piperidine rings is 1. The average Bonchev–Trinajstić information content (AvgIpc) is 2.56. The molecule has 1 aliphatic heterocycles. The third kappa shape index (κ3) is 5.75. The second-order valence-electron chi connectivity index (χ2n) is 5.69. The van der Waals surface area contributed by atoms with E-state index in [9.17, 15) is 9.59 Å². The van der Waals surface area contributed by atoms with Crippen LogP contribution in [-0.2, 0) is 9.59 Å². The molecule has 1 unspecified atom stereocenters. The summed E-state index contributed by atoms with van der Waals surface area (Å²) in [6.07, 6.45) is 1.86. The number of halogens is 1. The SMILES string of the molecule is CC(Cl)C(=O)N1CCC(NC(=O)CCOc2ccccc2)CC1. The van der Waals surface area contributed by atoms with Gasteiger partial charge in [-0.25, -0.2) is 0 Å². The fourth-order valence-corrected chi connectivity index (χ4v) is 2.71. The molecule has 1 N–H and O–H groups in total. The number of ether oxygens (including phenoxy) is 1. The van der Waals surface area contributed by atoms with Crippen molar-refractivity contribution >= 4 is 23.4 Å². The highest BCUT2D eigenvalue weighted by atomic mass is 35.5. The van der Waals surface area contributed by atoms with E-state index in [1.807, 2.05) is 30.3 Å². The fraction of sp³-hybridized carbons (Fsp3) is 0.529. The van der Waals surface area contributed by atoms with E-state index in [0.29, 0.717) is 26.1 Å². The van der Waals surface area contributed by atoms with Gasteiger partial charge in [0.15, 0.2) is 0 Å². The molecule has 1 aliphatic rings. The van der Waals surface area contributed by atoms with Gasteiger partial charge in [-0.05, 0) is 31.9 Å². The molecule has 1 heterocycles. The number of carbonyl (C=O) groups excluding carboxylic acids is 2. The maximum Gasteiger partial charge on any atom is 0.240 e. The minimum atomic E-state index is -0.490. The van der Waals surface area contributed by atoms with Gasteiger partial charge in [-0.2, -0.15) is 0 Å². The number of amides is 2. The highest BCUT2D eigenvalue weighted by molar-refractivity contribution is 6.30. The van der Waals surface area contributed by atoms with Crippen LogP contribution in [0.2, 0.25) is 0 Å². The molecule has 6 heteroatoms. The van der Waals surface area contributed by atoms with E-state index in [2.05, 4.69) is 5.32 Å². The molecule has 5 nitrogen and oxygen atoms in total. The average molecular weight is 339 g/mol. The summed E-state index contributed by atoms with van der Waals surface area (Å²) in [7, 11) is 0. The Morgan fingerprint density at radius 1 is 1.30 bits per heavy atom. The molecule has 0 aromatic heterocycles. The minimum Gasteiger partial charge on any atom is -0.493 e. The highest BCUT2D eigenvalue weighted by Gasteiger charge is 2.25. The zero-order valence-electron chi connectivity index (χ0n) is 13.3. The van der Waals surface area contributed by atoms with Crippen molar-refractivity contribution in [3.05, 3.63) is 30.3 Å². The number of rotatable bonds is 6. The van der Waals surface area contributed by atoms with Gasteiger partial charge in [-0.1, -0.05) is 18.2 Å². The van der Waals surface area contributed by atoms with Gasteiger partial charge in [0.25, 0.3) is 0 Å². The smallest absolute Gasteiger partial charge is 0.240 e. The van der Waals surface area contributed by atoms with Crippen molar-refractivity contribution in [3.63, 3.8) is 0 Å². The standard InChI is InChI=1S/C17H23ClN2O3/c1-13(18)17(22)20-10-7-14(8-11-20)19-16(21)9-12-23-15-5-3-2-4-6-15/h2-6,13-14H,7-12H2,1H3,(H,19,21). The van der Waals surface area contributed by atoms with Gasteiger partial charge in [0.1, 0.15) is 11.1 Å². The molecule has 1 aromatic carbocycles. The first-order valence-electron chi connectivity index (χ1n) is 7.96. The maximum atomic E-state index is 11.9. The third-order valence-electron chi connectivity index (χ3n) is 3.85. The molecule has 1 fully saturated rings. The zero-order valence-corrected chi connectivity index (χ0v) is 14.1. The highest BCUT2D eigenvalue weighted by Crippen LogP contribution is 2.13. The molecule has 0 radical (unpaired) electrons. The van der Waals surface area contributed by atoms with Gasteiger partial charge in [0, 0.05) is 19.1 Å². The second-order valence-corrected chi connectivity index (χ2v) is 6.35. The summed E-state index contributed by atoms with van der Waals surface area (Å²) in [5, 5.41) is 2.51. The summed E-state index contributed by atoms with van der Waals surface area (Å²) in [6.45, 7) is 3.32. The first-order chi connectivity index (χ1) is 11.1. The normalized spacial score (nSPS) is 16.7. The van der Waals surface area contributed by atoms with Gasteiger partial charge in [0.05, 0.1) is 13.0 Å². The van der Waals surface area contributed by atoms with Crippen LogP contribution in [0.1, 0.15) is 26.2 Å². The van der Waals surface area contributed by atoms with Crippen LogP contribution >= 0.6 is 11.6 Å². The van der Waals surface area contributed by atoms with Gasteiger partial charge in [0.2, 0.25) is 11.8 Å². The lowest BCUT2D eigenvalue weighted by Crippen LogP contribution is -2.48. The summed E-state index contributed by atoms with van der Waals surface area (Å²) in [5.74, 6) is 0.714. The van der Waals surface area contributed by atoms with Crippen LogP contribution in [0.4, 0.5) is 0 Å².